The Labute approximate surface area is 108 Å². The Hall–Kier alpha value is -0.940. The molecule has 0 aromatic heterocycles. The zero-order valence-electron chi connectivity index (χ0n) is 9.54. The molecule has 0 spiro atoms. The van der Waals surface area contributed by atoms with Crippen LogP contribution in [-0.4, -0.2) is 23.7 Å². The van der Waals surface area contributed by atoms with E-state index < -0.39 is 11.7 Å². The van der Waals surface area contributed by atoms with Crippen LogP contribution in [0.3, 0.4) is 0 Å². The van der Waals surface area contributed by atoms with Crippen LogP contribution in [0.15, 0.2) is 22.7 Å². The minimum absolute atomic E-state index is 0.000245. The van der Waals surface area contributed by atoms with Crippen molar-refractivity contribution in [3.8, 4) is 0 Å². The molecule has 0 radical (unpaired) electrons. The number of nitrogens with one attached hydrogen (secondary N) is 1. The van der Waals surface area contributed by atoms with Gasteiger partial charge in [-0.1, -0.05) is 22.9 Å². The Morgan fingerprint density at radius 1 is 1.59 bits per heavy atom. The second-order valence-electron chi connectivity index (χ2n) is 3.72. The molecule has 94 valence electrons. The summed E-state index contributed by atoms with van der Waals surface area (Å²) in [6.45, 7) is 1.90. The van der Waals surface area contributed by atoms with Gasteiger partial charge in [-0.15, -0.1) is 0 Å². The summed E-state index contributed by atoms with van der Waals surface area (Å²) < 4.78 is 14.1. The maximum atomic E-state index is 13.4. The van der Waals surface area contributed by atoms with Crippen molar-refractivity contribution in [3.63, 3.8) is 0 Å². The molecule has 1 aromatic carbocycles. The second-order valence-corrected chi connectivity index (χ2v) is 4.63. The minimum atomic E-state index is -0.551. The predicted molar refractivity (Wildman–Crippen MR) is 67.3 cm³/mol. The number of halogens is 2. The third-order valence-electron chi connectivity index (χ3n) is 2.48. The molecular formula is C12H15BrFNO2. The summed E-state index contributed by atoms with van der Waals surface area (Å²) in [5.41, 5.74) is 0.00997. The van der Waals surface area contributed by atoms with E-state index in [-0.39, 0.29) is 18.2 Å². The molecule has 0 heterocycles. The Morgan fingerprint density at radius 3 is 2.88 bits per heavy atom. The first-order chi connectivity index (χ1) is 8.08. The van der Waals surface area contributed by atoms with E-state index in [1.54, 1.807) is 0 Å². The molecule has 5 heteroatoms. The van der Waals surface area contributed by atoms with Crippen LogP contribution in [0.25, 0.3) is 0 Å². The lowest BCUT2D eigenvalue weighted by Crippen LogP contribution is -2.35. The zero-order valence-corrected chi connectivity index (χ0v) is 11.1. The molecule has 3 nitrogen and oxygen atoms in total. The Morgan fingerprint density at radius 2 is 2.29 bits per heavy atom. The number of carbonyl (C=O) groups excluding carboxylic acids is 1. The summed E-state index contributed by atoms with van der Waals surface area (Å²) in [6, 6.07) is 4.09. The molecule has 17 heavy (non-hydrogen) atoms. The van der Waals surface area contributed by atoms with Crippen molar-refractivity contribution in [1.29, 1.82) is 0 Å². The number of amides is 1. The zero-order chi connectivity index (χ0) is 12.8. The predicted octanol–water partition coefficient (Wildman–Crippen LogP) is 2.48. The van der Waals surface area contributed by atoms with Crippen molar-refractivity contribution >= 4 is 21.8 Å². The van der Waals surface area contributed by atoms with Crippen molar-refractivity contribution in [1.82, 2.24) is 5.32 Å². The highest BCUT2D eigenvalue weighted by atomic mass is 79.9. The van der Waals surface area contributed by atoms with Crippen molar-refractivity contribution in [2.75, 3.05) is 6.61 Å². The topological polar surface area (TPSA) is 49.3 Å². The lowest BCUT2D eigenvalue weighted by atomic mass is 10.1. The lowest BCUT2D eigenvalue weighted by molar-refractivity contribution is 0.0925. The molecular weight excluding hydrogens is 289 g/mol. The van der Waals surface area contributed by atoms with Crippen LogP contribution in [-0.2, 0) is 0 Å². The first-order valence-corrected chi connectivity index (χ1v) is 6.24. The molecule has 0 aliphatic rings. The van der Waals surface area contributed by atoms with E-state index in [0.717, 1.165) is 0 Å². The monoisotopic (exact) mass is 303 g/mol. The number of aliphatic hydroxyl groups excluding tert-OH is 1. The second kappa shape index (κ2) is 6.71. The third-order valence-corrected chi connectivity index (χ3v) is 2.97. The number of hydrogen-bond acceptors (Lipinski definition) is 2. The largest absolute Gasteiger partial charge is 0.396 e. The molecule has 1 rings (SSSR count). The summed E-state index contributed by atoms with van der Waals surface area (Å²) in [5.74, 6) is -1.01. The molecule has 1 atom stereocenters. The maximum Gasteiger partial charge on any atom is 0.254 e. The maximum absolute atomic E-state index is 13.4. The van der Waals surface area contributed by atoms with E-state index in [1.165, 1.54) is 18.2 Å². The summed E-state index contributed by atoms with van der Waals surface area (Å²) >= 11 is 3.19. The molecule has 2 N–H and O–H groups in total. The van der Waals surface area contributed by atoms with Gasteiger partial charge in [0.15, 0.2) is 0 Å². The average Bonchev–Trinajstić information content (AvgIpc) is 2.31. The van der Waals surface area contributed by atoms with Crippen molar-refractivity contribution in [2.24, 2.45) is 0 Å². The van der Waals surface area contributed by atoms with Gasteiger partial charge in [-0.3, -0.25) is 4.79 Å². The van der Waals surface area contributed by atoms with Gasteiger partial charge in [0.1, 0.15) is 5.82 Å². The van der Waals surface area contributed by atoms with Gasteiger partial charge in [-0.05, 0) is 31.0 Å². The number of hydrogen-bond donors (Lipinski definition) is 2. The van der Waals surface area contributed by atoms with Crippen LogP contribution in [0.4, 0.5) is 4.39 Å². The van der Waals surface area contributed by atoms with Crippen molar-refractivity contribution in [3.05, 3.63) is 34.1 Å². The van der Waals surface area contributed by atoms with Gasteiger partial charge in [0.25, 0.3) is 5.91 Å². The Kier molecular flexibility index (Phi) is 5.58. The first-order valence-electron chi connectivity index (χ1n) is 5.45. The van der Waals surface area contributed by atoms with Gasteiger partial charge in [-0.2, -0.15) is 0 Å². The van der Waals surface area contributed by atoms with Crippen LogP contribution in [0, 0.1) is 5.82 Å². The van der Waals surface area contributed by atoms with Crippen LogP contribution in [0.2, 0.25) is 0 Å². The highest BCUT2D eigenvalue weighted by Crippen LogP contribution is 2.15. The summed E-state index contributed by atoms with van der Waals surface area (Å²) in [4.78, 5) is 11.8. The van der Waals surface area contributed by atoms with Gasteiger partial charge < -0.3 is 10.4 Å². The smallest absolute Gasteiger partial charge is 0.254 e. The normalized spacial score (nSPS) is 12.2. The van der Waals surface area contributed by atoms with Gasteiger partial charge >= 0.3 is 0 Å². The van der Waals surface area contributed by atoms with Gasteiger partial charge in [0.05, 0.1) is 5.56 Å². The molecule has 0 aliphatic heterocycles. The molecule has 0 saturated heterocycles. The van der Waals surface area contributed by atoms with Crippen LogP contribution >= 0.6 is 15.9 Å². The molecule has 1 unspecified atom stereocenters. The Balaban J connectivity index is 2.78. The number of rotatable bonds is 5. The highest BCUT2D eigenvalue weighted by Gasteiger charge is 2.15. The fourth-order valence-corrected chi connectivity index (χ4v) is 1.83. The van der Waals surface area contributed by atoms with Crippen LogP contribution in [0.5, 0.6) is 0 Å². The summed E-state index contributed by atoms with van der Waals surface area (Å²) in [5, 5.41) is 11.5. The number of benzene rings is 1. The fourth-order valence-electron chi connectivity index (χ4n) is 1.47. The van der Waals surface area contributed by atoms with Gasteiger partial charge in [0, 0.05) is 17.1 Å². The average molecular weight is 304 g/mol. The van der Waals surface area contributed by atoms with Crippen molar-refractivity contribution in [2.45, 2.75) is 25.8 Å². The minimum Gasteiger partial charge on any atom is -0.396 e. The van der Waals surface area contributed by atoms with Crippen molar-refractivity contribution < 1.29 is 14.3 Å². The lowest BCUT2D eigenvalue weighted by Gasteiger charge is -2.16. The third kappa shape index (κ3) is 4.09. The molecule has 0 aliphatic carbocycles. The van der Waals surface area contributed by atoms with E-state index in [9.17, 15) is 9.18 Å². The standard InChI is InChI=1S/C12H15BrFNO2/c1-2-9(5-6-16)15-12(17)10-7-8(13)3-4-11(10)14/h3-4,7,9,16H,2,5-6H2,1H3,(H,15,17). The van der Waals surface area contributed by atoms with E-state index in [2.05, 4.69) is 21.2 Å². The van der Waals surface area contributed by atoms with Gasteiger partial charge in [0.2, 0.25) is 0 Å². The van der Waals surface area contributed by atoms with E-state index in [0.29, 0.717) is 17.3 Å². The summed E-state index contributed by atoms with van der Waals surface area (Å²) in [7, 11) is 0. The fraction of sp³-hybridized carbons (Fsp3) is 0.417. The van der Waals surface area contributed by atoms with Crippen LogP contribution < -0.4 is 5.32 Å². The van der Waals surface area contributed by atoms with Gasteiger partial charge in [-0.25, -0.2) is 4.39 Å². The van der Waals surface area contributed by atoms with E-state index in [1.807, 2.05) is 6.92 Å². The molecule has 0 saturated carbocycles. The first kappa shape index (κ1) is 14.1. The number of aliphatic hydroxyl groups is 1. The van der Waals surface area contributed by atoms with E-state index >= 15 is 0 Å². The van der Waals surface area contributed by atoms with E-state index in [4.69, 9.17) is 5.11 Å². The molecule has 0 fully saturated rings. The highest BCUT2D eigenvalue weighted by molar-refractivity contribution is 9.10. The quantitative estimate of drug-likeness (QED) is 0.878. The molecule has 0 bridgehead atoms. The van der Waals surface area contributed by atoms with Crippen LogP contribution in [0.1, 0.15) is 30.1 Å². The number of carbonyl (C=O) groups is 1. The summed E-state index contributed by atoms with van der Waals surface area (Å²) in [6.07, 6.45) is 1.17. The molecule has 1 amide bonds. The Bertz CT molecular complexity index is 398. The SMILES string of the molecule is CCC(CCO)NC(=O)c1cc(Br)ccc1F. The molecule has 1 aromatic rings.